The van der Waals surface area contributed by atoms with Crippen LogP contribution >= 0.6 is 0 Å². The number of benzene rings is 1. The number of hydrogen-bond acceptors (Lipinski definition) is 5. The lowest BCUT2D eigenvalue weighted by Gasteiger charge is -2.69. The van der Waals surface area contributed by atoms with E-state index in [1.54, 1.807) is 0 Å². The minimum atomic E-state index is -0.965. The number of ether oxygens (including phenoxy) is 2. The molecule has 2 bridgehead atoms. The lowest BCUT2D eigenvalue weighted by atomic mass is 9.31. The molecule has 2 saturated carbocycles. The topological polar surface area (TPSA) is 78.6 Å². The van der Waals surface area contributed by atoms with Gasteiger partial charge in [-0.1, -0.05) is 80.3 Å². The first-order chi connectivity index (χ1) is 21.0. The molecule has 2 spiro atoms. The quantitative estimate of drug-likeness (QED) is 0.232. The molecule has 2 N–H and O–H groups in total. The predicted octanol–water partition coefficient (Wildman–Crippen LogP) is 6.69. The van der Waals surface area contributed by atoms with Crippen molar-refractivity contribution in [2.75, 3.05) is 6.54 Å². The molecule has 8 rings (SSSR count). The van der Waals surface area contributed by atoms with Crippen molar-refractivity contribution in [1.82, 2.24) is 0 Å². The highest BCUT2D eigenvalue weighted by Gasteiger charge is 2.91. The number of hydrogen-bond donors (Lipinski definition) is 1. The van der Waals surface area contributed by atoms with Gasteiger partial charge in [-0.05, 0) is 80.4 Å². The Bertz CT molecular complexity index is 1590. The van der Waals surface area contributed by atoms with Gasteiger partial charge in [0, 0.05) is 23.8 Å². The van der Waals surface area contributed by atoms with Crippen LogP contribution in [0.4, 0.5) is 0 Å². The normalized spacial score (nSPS) is 40.9. The smallest absolute Gasteiger partial charge is 0.339 e. The molecule has 5 aliphatic carbocycles. The van der Waals surface area contributed by atoms with Crippen molar-refractivity contribution < 1.29 is 19.1 Å². The van der Waals surface area contributed by atoms with E-state index >= 15 is 0 Å². The Morgan fingerprint density at radius 1 is 1.14 bits per heavy atom. The highest BCUT2D eigenvalue weighted by atomic mass is 16.6. The Morgan fingerprint density at radius 2 is 2.05 bits per heavy atom. The van der Waals surface area contributed by atoms with Gasteiger partial charge in [0.1, 0.15) is 11.2 Å². The van der Waals surface area contributed by atoms with Crippen LogP contribution in [0.5, 0.6) is 0 Å². The van der Waals surface area contributed by atoms with Crippen molar-refractivity contribution in [1.29, 1.82) is 0 Å². The summed E-state index contributed by atoms with van der Waals surface area (Å²) in [7, 11) is 0. The fourth-order valence-electron chi connectivity index (χ4n) is 10.7. The average Bonchev–Trinajstić information content (AvgIpc) is 3.66. The van der Waals surface area contributed by atoms with E-state index in [4.69, 9.17) is 15.2 Å². The second-order valence-electron chi connectivity index (χ2n) is 13.9. The zero-order valence-electron chi connectivity index (χ0n) is 25.1. The molecule has 5 nitrogen and oxygen atoms in total. The van der Waals surface area contributed by atoms with Crippen molar-refractivity contribution in [3.8, 4) is 11.8 Å². The molecule has 1 aromatic carbocycles. The van der Waals surface area contributed by atoms with Crippen LogP contribution in [0.25, 0.3) is 0 Å². The van der Waals surface area contributed by atoms with E-state index < -0.39 is 16.4 Å². The molecule has 0 aromatic heterocycles. The van der Waals surface area contributed by atoms with Crippen molar-refractivity contribution in [3.05, 3.63) is 83.2 Å². The van der Waals surface area contributed by atoms with Gasteiger partial charge < -0.3 is 15.2 Å². The summed E-state index contributed by atoms with van der Waals surface area (Å²) in [6, 6.07) is 6.15. The SMILES string of the molecule is CCCC1C23C=CC4C#CCC(C56C=CC=CC5CCC6)CC=C(OC2=O)C3(C4)C12OC(=O)c1c(CCCN)cccc12. The second-order valence-corrected chi connectivity index (χ2v) is 13.9. The zero-order valence-corrected chi connectivity index (χ0v) is 25.1. The third kappa shape index (κ3) is 3.18. The molecule has 222 valence electrons. The molecular weight excluding hydrogens is 534 g/mol. The number of esters is 2. The van der Waals surface area contributed by atoms with E-state index in [0.717, 1.165) is 56.1 Å². The molecule has 0 amide bonds. The molecule has 7 aliphatic rings. The fraction of sp³-hybridized carbons (Fsp3) is 0.526. The maximum absolute atomic E-state index is 14.2. The Hall–Kier alpha value is -3.36. The van der Waals surface area contributed by atoms with Gasteiger partial charge in [0.15, 0.2) is 5.60 Å². The van der Waals surface area contributed by atoms with Crippen LogP contribution in [-0.4, -0.2) is 18.5 Å². The Balaban J connectivity index is 1.32. The van der Waals surface area contributed by atoms with Crippen LogP contribution in [0.3, 0.4) is 0 Å². The molecule has 5 heteroatoms. The van der Waals surface area contributed by atoms with Gasteiger partial charge in [-0.15, -0.1) is 5.92 Å². The van der Waals surface area contributed by atoms with Gasteiger partial charge in [-0.25, -0.2) is 4.79 Å². The van der Waals surface area contributed by atoms with Gasteiger partial charge in [0.05, 0.1) is 11.0 Å². The number of allylic oxidation sites excluding steroid dienone is 6. The molecule has 0 radical (unpaired) electrons. The third-order valence-corrected chi connectivity index (χ3v) is 12.4. The van der Waals surface area contributed by atoms with E-state index in [1.165, 1.54) is 12.8 Å². The first-order valence-electron chi connectivity index (χ1n) is 16.5. The highest BCUT2D eigenvalue weighted by Crippen LogP contribution is 2.84. The molecule has 8 atom stereocenters. The summed E-state index contributed by atoms with van der Waals surface area (Å²) in [6.07, 6.45) is 24.6. The van der Waals surface area contributed by atoms with Crippen LogP contribution in [0.15, 0.2) is 66.5 Å². The number of rotatable bonds is 6. The van der Waals surface area contributed by atoms with Gasteiger partial charge >= 0.3 is 11.9 Å². The second kappa shape index (κ2) is 9.57. The summed E-state index contributed by atoms with van der Waals surface area (Å²) in [5.74, 6) is 8.07. The molecular formula is C38H41NO4. The minimum absolute atomic E-state index is 0.0499. The summed E-state index contributed by atoms with van der Waals surface area (Å²) < 4.78 is 13.2. The van der Waals surface area contributed by atoms with E-state index in [0.29, 0.717) is 36.1 Å². The van der Waals surface area contributed by atoms with Crippen LogP contribution in [0.1, 0.15) is 86.2 Å². The van der Waals surface area contributed by atoms with Crippen LogP contribution in [0, 0.1) is 51.8 Å². The van der Waals surface area contributed by atoms with Crippen molar-refractivity contribution in [3.63, 3.8) is 0 Å². The highest BCUT2D eigenvalue weighted by molar-refractivity contribution is 5.99. The van der Waals surface area contributed by atoms with Crippen molar-refractivity contribution in [2.45, 2.75) is 76.7 Å². The molecule has 2 aliphatic heterocycles. The molecule has 8 unspecified atom stereocenters. The molecule has 1 saturated heterocycles. The number of carbonyl (C=O) groups is 2. The van der Waals surface area contributed by atoms with Crippen molar-refractivity contribution >= 4 is 11.9 Å². The van der Waals surface area contributed by atoms with Crippen molar-refractivity contribution in [2.24, 2.45) is 45.7 Å². The van der Waals surface area contributed by atoms with Crippen LogP contribution in [0.2, 0.25) is 0 Å². The summed E-state index contributed by atoms with van der Waals surface area (Å²) in [6.45, 7) is 2.70. The average molecular weight is 576 g/mol. The van der Waals surface area contributed by atoms with Crippen LogP contribution in [-0.2, 0) is 26.3 Å². The van der Waals surface area contributed by atoms with Gasteiger partial charge in [0.25, 0.3) is 0 Å². The number of fused-ring (bicyclic) bond motifs is 4. The molecule has 1 aromatic rings. The standard InChI is InChI=1S/C38H41NO4/c1-2-9-30-36-22-19-25-10-5-14-28(35-20-4-3-13-27(35)15-7-21-35)17-18-31(42-34(36)41)37(36,24-25)38(30)29-16-6-11-26(12-8-23-39)32(29)33(40)43-38/h3-4,6,11,13,16,18-20,22,25,27-28,30H,2,7-9,12,14-15,17,21,23-24,39H2,1H3. The maximum atomic E-state index is 14.2. The van der Waals surface area contributed by atoms with E-state index in [2.05, 4.69) is 67.4 Å². The monoisotopic (exact) mass is 575 g/mol. The number of carbonyl (C=O) groups excluding carboxylic acids is 2. The maximum Gasteiger partial charge on any atom is 0.339 e. The molecule has 3 fully saturated rings. The summed E-state index contributed by atoms with van der Waals surface area (Å²) in [5.41, 5.74) is 5.89. The zero-order chi connectivity index (χ0) is 29.5. The van der Waals surface area contributed by atoms with E-state index in [-0.39, 0.29) is 29.2 Å². The first kappa shape index (κ1) is 27.2. The lowest BCUT2D eigenvalue weighted by Crippen LogP contribution is -2.75. The fourth-order valence-corrected chi connectivity index (χ4v) is 10.7. The lowest BCUT2D eigenvalue weighted by molar-refractivity contribution is -0.272. The van der Waals surface area contributed by atoms with Gasteiger partial charge in [-0.2, -0.15) is 0 Å². The number of nitrogens with two attached hydrogens (primary N) is 1. The molecule has 2 heterocycles. The predicted molar refractivity (Wildman–Crippen MR) is 164 cm³/mol. The summed E-state index contributed by atoms with van der Waals surface area (Å²) >= 11 is 0. The summed E-state index contributed by atoms with van der Waals surface area (Å²) in [5, 5.41) is 0. The van der Waals surface area contributed by atoms with E-state index in [1.807, 2.05) is 12.1 Å². The summed E-state index contributed by atoms with van der Waals surface area (Å²) in [4.78, 5) is 28.2. The van der Waals surface area contributed by atoms with Gasteiger partial charge in [-0.3, -0.25) is 4.79 Å². The Kier molecular flexibility index (Phi) is 6.05. The Labute approximate surface area is 254 Å². The van der Waals surface area contributed by atoms with E-state index in [9.17, 15) is 9.59 Å². The largest absolute Gasteiger partial charge is 0.449 e. The third-order valence-electron chi connectivity index (χ3n) is 12.4. The number of aryl methyl sites for hydroxylation is 1. The molecule has 43 heavy (non-hydrogen) atoms. The van der Waals surface area contributed by atoms with Crippen LogP contribution < -0.4 is 5.73 Å². The Morgan fingerprint density at radius 3 is 2.91 bits per heavy atom. The first-order valence-corrected chi connectivity index (χ1v) is 16.5. The van der Waals surface area contributed by atoms with Gasteiger partial charge in [0.2, 0.25) is 0 Å². The minimum Gasteiger partial charge on any atom is -0.449 e.